The Labute approximate surface area is 241 Å². The maximum Gasteiger partial charge on any atom is 0.243 e. The second-order valence-electron chi connectivity index (χ2n) is 10.7. The van der Waals surface area contributed by atoms with Crippen LogP contribution in [0.3, 0.4) is 0 Å². The number of aromatic nitrogens is 1. The van der Waals surface area contributed by atoms with E-state index in [-0.39, 0.29) is 53.2 Å². The fourth-order valence-electron chi connectivity index (χ4n) is 5.78. The minimum absolute atomic E-state index is 0.00633. The first-order valence-corrected chi connectivity index (χ1v) is 14.0. The number of Topliss-reactive ketones (excluding diaryl/α,β-unsaturated/α-hetero) is 1. The third kappa shape index (κ3) is 5.44. The van der Waals surface area contributed by atoms with E-state index >= 15 is 0 Å². The van der Waals surface area contributed by atoms with Gasteiger partial charge in [0.2, 0.25) is 11.8 Å². The summed E-state index contributed by atoms with van der Waals surface area (Å²) in [4.78, 5) is 40.9. The molecule has 0 bridgehead atoms. The number of fused-ring (bicyclic) bond motifs is 2. The summed E-state index contributed by atoms with van der Waals surface area (Å²) in [6.45, 7) is 1.84. The molecule has 9 heteroatoms. The Morgan fingerprint density at radius 3 is 2.63 bits per heavy atom. The highest BCUT2D eigenvalue weighted by atomic mass is 35.5. The van der Waals surface area contributed by atoms with E-state index in [4.69, 9.17) is 16.3 Å². The van der Waals surface area contributed by atoms with Crippen LogP contribution >= 0.6 is 11.6 Å². The Morgan fingerprint density at radius 2 is 1.85 bits per heavy atom. The zero-order chi connectivity index (χ0) is 28.7. The normalized spacial score (nSPS) is 19.2. The molecule has 41 heavy (non-hydrogen) atoms. The van der Waals surface area contributed by atoms with Crippen molar-refractivity contribution < 1.29 is 23.5 Å². The molecule has 3 atom stereocenters. The summed E-state index contributed by atoms with van der Waals surface area (Å²) in [5.41, 5.74) is 2.54. The van der Waals surface area contributed by atoms with Crippen molar-refractivity contribution in [2.24, 2.45) is 5.92 Å². The number of piperidine rings is 1. The van der Waals surface area contributed by atoms with E-state index in [1.54, 1.807) is 27.8 Å². The molecule has 1 saturated carbocycles. The van der Waals surface area contributed by atoms with Crippen molar-refractivity contribution in [3.05, 3.63) is 100 Å². The number of halogens is 2. The van der Waals surface area contributed by atoms with Gasteiger partial charge in [-0.1, -0.05) is 54.1 Å². The third-order valence-electron chi connectivity index (χ3n) is 7.97. The van der Waals surface area contributed by atoms with Gasteiger partial charge < -0.3 is 19.5 Å². The number of hydrogen-bond acceptors (Lipinski definition) is 4. The summed E-state index contributed by atoms with van der Waals surface area (Å²) in [5.74, 6) is -0.283. The van der Waals surface area contributed by atoms with E-state index < -0.39 is 11.9 Å². The number of rotatable bonds is 9. The molecule has 2 aliphatic rings. The van der Waals surface area contributed by atoms with Crippen LogP contribution in [0.4, 0.5) is 4.39 Å². The monoisotopic (exact) mass is 573 g/mol. The van der Waals surface area contributed by atoms with Crippen molar-refractivity contribution in [1.29, 1.82) is 0 Å². The highest BCUT2D eigenvalue weighted by Crippen LogP contribution is 2.48. The van der Waals surface area contributed by atoms with Gasteiger partial charge in [0.25, 0.3) is 0 Å². The van der Waals surface area contributed by atoms with Gasteiger partial charge in [-0.15, -0.1) is 0 Å². The van der Waals surface area contributed by atoms with E-state index in [9.17, 15) is 18.8 Å². The molecule has 1 aliphatic heterocycles. The summed E-state index contributed by atoms with van der Waals surface area (Å²) in [5, 5.41) is 3.51. The zero-order valence-electron chi connectivity index (χ0n) is 22.5. The molecule has 1 N–H and O–H groups in total. The number of benzene rings is 3. The van der Waals surface area contributed by atoms with Crippen LogP contribution in [0.15, 0.2) is 72.9 Å². The molecule has 1 saturated heterocycles. The second-order valence-corrected chi connectivity index (χ2v) is 11.1. The molecule has 0 radical (unpaired) electrons. The molecule has 1 aromatic heterocycles. The standard InChI is InChI=1S/C32H29ClFN3O4/c1-19(38)25-16-36(28-14-23(10-11-24(25)28)41-18-20-6-3-2-4-7-20)17-30(39)37-27-12-22(27)13-29(37)32(40)35-15-21-8-5-9-26(33)31(21)34/h2-11,14,16,22,27,29H,12-13,15,17-18H2,1H3,(H,35,40)/t22-,27?,29+/m1/s1. The lowest BCUT2D eigenvalue weighted by Gasteiger charge is -2.27. The number of ether oxygens (including phenoxy) is 1. The molecule has 0 spiro atoms. The first-order chi connectivity index (χ1) is 19.8. The van der Waals surface area contributed by atoms with Crippen molar-refractivity contribution in [3.63, 3.8) is 0 Å². The topological polar surface area (TPSA) is 80.6 Å². The van der Waals surface area contributed by atoms with Crippen molar-refractivity contribution in [2.45, 2.75) is 51.5 Å². The Morgan fingerprint density at radius 1 is 1.05 bits per heavy atom. The highest BCUT2D eigenvalue weighted by Gasteiger charge is 2.55. The summed E-state index contributed by atoms with van der Waals surface area (Å²) < 4.78 is 22.1. The van der Waals surface area contributed by atoms with Gasteiger partial charge in [-0.3, -0.25) is 14.4 Å². The molecular formula is C32H29ClFN3O4. The van der Waals surface area contributed by atoms with Gasteiger partial charge in [0.05, 0.1) is 10.5 Å². The number of ketones is 1. The predicted molar refractivity (Wildman–Crippen MR) is 153 cm³/mol. The van der Waals surface area contributed by atoms with Crippen LogP contribution in [0.1, 0.15) is 41.3 Å². The maximum absolute atomic E-state index is 14.3. The zero-order valence-corrected chi connectivity index (χ0v) is 23.2. The van der Waals surface area contributed by atoms with Crippen molar-refractivity contribution >= 4 is 40.1 Å². The van der Waals surface area contributed by atoms with Crippen LogP contribution in [0.25, 0.3) is 10.9 Å². The Hall–Kier alpha value is -4.17. The number of amides is 2. The SMILES string of the molecule is CC(=O)c1cn(CC(=O)N2C3C[C@@H]3C[C@H]2C(=O)NCc2cccc(Cl)c2F)c2cc(OCc3ccccc3)ccc12. The van der Waals surface area contributed by atoms with Gasteiger partial charge in [-0.05, 0) is 49.4 Å². The number of nitrogens with zero attached hydrogens (tertiary/aromatic N) is 2. The second kappa shape index (κ2) is 11.0. The summed E-state index contributed by atoms with van der Waals surface area (Å²) in [6.07, 6.45) is 3.13. The molecule has 210 valence electrons. The molecule has 3 aromatic carbocycles. The van der Waals surface area contributed by atoms with Crippen LogP contribution in [0, 0.1) is 11.7 Å². The van der Waals surface area contributed by atoms with E-state index in [1.165, 1.54) is 13.0 Å². The van der Waals surface area contributed by atoms with Crippen LogP contribution in [-0.2, 0) is 29.3 Å². The summed E-state index contributed by atoms with van der Waals surface area (Å²) in [6, 6.07) is 19.3. The number of nitrogens with one attached hydrogen (secondary N) is 1. The van der Waals surface area contributed by atoms with Crippen LogP contribution < -0.4 is 10.1 Å². The van der Waals surface area contributed by atoms with Crippen molar-refractivity contribution in [2.75, 3.05) is 0 Å². The quantitative estimate of drug-likeness (QED) is 0.267. The fourth-order valence-corrected chi connectivity index (χ4v) is 5.97. The Balaban J connectivity index is 1.20. The van der Waals surface area contributed by atoms with E-state index in [0.717, 1.165) is 17.4 Å². The predicted octanol–water partition coefficient (Wildman–Crippen LogP) is 5.52. The minimum atomic E-state index is -0.632. The largest absolute Gasteiger partial charge is 0.489 e. The van der Waals surface area contributed by atoms with E-state index in [0.29, 0.717) is 29.9 Å². The summed E-state index contributed by atoms with van der Waals surface area (Å²) in [7, 11) is 0. The molecule has 1 aliphatic carbocycles. The molecule has 2 heterocycles. The lowest BCUT2D eigenvalue weighted by Crippen LogP contribution is -2.48. The molecule has 2 amide bonds. The lowest BCUT2D eigenvalue weighted by molar-refractivity contribution is -0.140. The minimum Gasteiger partial charge on any atom is -0.489 e. The lowest BCUT2D eigenvalue weighted by atomic mass is 10.1. The number of likely N-dealkylation sites (tertiary alicyclic amines) is 1. The first-order valence-electron chi connectivity index (χ1n) is 13.6. The van der Waals surface area contributed by atoms with E-state index in [1.807, 2.05) is 48.5 Å². The summed E-state index contributed by atoms with van der Waals surface area (Å²) >= 11 is 5.87. The molecule has 4 aromatic rings. The third-order valence-corrected chi connectivity index (χ3v) is 8.26. The number of hydrogen-bond donors (Lipinski definition) is 1. The molecule has 1 unspecified atom stereocenters. The van der Waals surface area contributed by atoms with Crippen molar-refractivity contribution in [1.82, 2.24) is 14.8 Å². The van der Waals surface area contributed by atoms with Crippen LogP contribution in [0.5, 0.6) is 5.75 Å². The molecule has 6 rings (SSSR count). The molecule has 7 nitrogen and oxygen atoms in total. The van der Waals surface area contributed by atoms with Crippen LogP contribution in [0.2, 0.25) is 5.02 Å². The van der Waals surface area contributed by atoms with Gasteiger partial charge in [0.1, 0.15) is 30.8 Å². The van der Waals surface area contributed by atoms with Gasteiger partial charge in [-0.2, -0.15) is 0 Å². The average molecular weight is 574 g/mol. The van der Waals surface area contributed by atoms with Gasteiger partial charge in [0.15, 0.2) is 5.78 Å². The Kier molecular flexibility index (Phi) is 7.26. The van der Waals surface area contributed by atoms with E-state index in [2.05, 4.69) is 5.32 Å². The smallest absolute Gasteiger partial charge is 0.243 e. The fraction of sp³-hybridized carbons (Fsp3) is 0.281. The first kappa shape index (κ1) is 27.0. The molecular weight excluding hydrogens is 545 g/mol. The average Bonchev–Trinajstić information content (AvgIpc) is 3.48. The highest BCUT2D eigenvalue weighted by molar-refractivity contribution is 6.30. The van der Waals surface area contributed by atoms with Gasteiger partial charge in [0, 0.05) is 41.4 Å². The van der Waals surface area contributed by atoms with Gasteiger partial charge >= 0.3 is 0 Å². The Bertz CT molecular complexity index is 1650. The number of carbonyl (C=O) groups is 3. The maximum atomic E-state index is 14.3. The molecule has 2 fully saturated rings. The number of carbonyl (C=O) groups excluding carboxylic acids is 3. The van der Waals surface area contributed by atoms with Crippen LogP contribution in [-0.4, -0.2) is 39.1 Å². The van der Waals surface area contributed by atoms with Gasteiger partial charge in [-0.25, -0.2) is 4.39 Å². The van der Waals surface area contributed by atoms with Crippen molar-refractivity contribution in [3.8, 4) is 5.75 Å².